The van der Waals surface area contributed by atoms with E-state index in [4.69, 9.17) is 0 Å². The summed E-state index contributed by atoms with van der Waals surface area (Å²) in [5.74, 6) is 0.783. The molecule has 0 aromatic heterocycles. The molecule has 0 spiro atoms. The number of hydrogen-bond acceptors (Lipinski definition) is 1. The third kappa shape index (κ3) is 1.20. The van der Waals surface area contributed by atoms with Gasteiger partial charge in [-0.15, -0.1) is 0 Å². The molecule has 1 heteroatoms. The molecular weight excluding hydrogens is 122 g/mol. The Kier molecular flexibility index (Phi) is 2.04. The summed E-state index contributed by atoms with van der Waals surface area (Å²) in [4.78, 5) is 0. The van der Waals surface area contributed by atoms with E-state index in [-0.39, 0.29) is 0 Å². The van der Waals surface area contributed by atoms with Gasteiger partial charge in [0.15, 0.2) is 0 Å². The monoisotopic (exact) mass is 141 g/mol. The normalized spacial score (nSPS) is 26.7. The fourth-order valence-electron chi connectivity index (χ4n) is 1.33. The second-order valence-electron chi connectivity index (χ2n) is 4.27. The molecule has 1 heterocycles. The van der Waals surface area contributed by atoms with E-state index in [1.165, 1.54) is 13.0 Å². The van der Waals surface area contributed by atoms with Crippen molar-refractivity contribution in [3.05, 3.63) is 0 Å². The molecule has 0 aliphatic carbocycles. The Hall–Kier alpha value is -0.0400. The quantitative estimate of drug-likeness (QED) is 0.620. The van der Waals surface area contributed by atoms with Crippen LogP contribution in [0.25, 0.3) is 0 Å². The van der Waals surface area contributed by atoms with E-state index in [1.54, 1.807) is 0 Å². The van der Waals surface area contributed by atoms with Crippen LogP contribution >= 0.6 is 0 Å². The van der Waals surface area contributed by atoms with E-state index in [0.717, 1.165) is 12.0 Å². The second kappa shape index (κ2) is 2.54. The van der Waals surface area contributed by atoms with Crippen LogP contribution in [0.3, 0.4) is 0 Å². The number of rotatable bonds is 2. The van der Waals surface area contributed by atoms with Gasteiger partial charge in [-0.1, -0.05) is 27.7 Å². The van der Waals surface area contributed by atoms with Gasteiger partial charge in [-0.3, -0.25) is 0 Å². The van der Waals surface area contributed by atoms with Crippen molar-refractivity contribution in [2.45, 2.75) is 40.2 Å². The van der Waals surface area contributed by atoms with E-state index in [1.807, 2.05) is 0 Å². The molecule has 1 nitrogen and oxygen atoms in total. The van der Waals surface area contributed by atoms with Crippen LogP contribution in [0.2, 0.25) is 0 Å². The summed E-state index contributed by atoms with van der Waals surface area (Å²) >= 11 is 0. The van der Waals surface area contributed by atoms with Gasteiger partial charge in [0.25, 0.3) is 0 Å². The molecule has 1 saturated heterocycles. The molecule has 0 radical (unpaired) electrons. The maximum atomic E-state index is 3.47. The van der Waals surface area contributed by atoms with Crippen molar-refractivity contribution in [2.24, 2.45) is 11.3 Å². The first-order valence-corrected chi connectivity index (χ1v) is 4.28. The van der Waals surface area contributed by atoms with E-state index in [2.05, 4.69) is 33.0 Å². The third-order valence-electron chi connectivity index (χ3n) is 3.21. The molecular formula is C9H19N. The Morgan fingerprint density at radius 3 is 2.00 bits per heavy atom. The van der Waals surface area contributed by atoms with Crippen LogP contribution in [0.1, 0.15) is 34.1 Å². The molecule has 1 atom stereocenters. The first kappa shape index (κ1) is 8.06. The standard InChI is InChI=1S/C9H19N/c1-7(2)9(3,4)8-5-6-10-8/h7-8,10H,5-6H2,1-4H3. The molecule has 1 rings (SSSR count). The zero-order valence-corrected chi connectivity index (χ0v) is 7.57. The summed E-state index contributed by atoms with van der Waals surface area (Å²) in [5.41, 5.74) is 0.484. The lowest BCUT2D eigenvalue weighted by atomic mass is 9.71. The minimum absolute atomic E-state index is 0.484. The first-order chi connectivity index (χ1) is 4.55. The highest BCUT2D eigenvalue weighted by molar-refractivity contribution is 4.92. The van der Waals surface area contributed by atoms with E-state index in [9.17, 15) is 0 Å². The Morgan fingerprint density at radius 1 is 1.40 bits per heavy atom. The lowest BCUT2D eigenvalue weighted by Gasteiger charge is -2.44. The van der Waals surface area contributed by atoms with Gasteiger partial charge in [0.2, 0.25) is 0 Å². The summed E-state index contributed by atoms with van der Waals surface area (Å²) in [6, 6.07) is 0.771. The van der Waals surface area contributed by atoms with Gasteiger partial charge in [-0.2, -0.15) is 0 Å². The van der Waals surface area contributed by atoms with Gasteiger partial charge in [-0.25, -0.2) is 0 Å². The summed E-state index contributed by atoms with van der Waals surface area (Å²) in [6.45, 7) is 10.5. The van der Waals surface area contributed by atoms with Crippen molar-refractivity contribution in [1.29, 1.82) is 0 Å². The second-order valence-corrected chi connectivity index (χ2v) is 4.27. The van der Waals surface area contributed by atoms with Crippen molar-refractivity contribution in [3.8, 4) is 0 Å². The smallest absolute Gasteiger partial charge is 0.0133 e. The van der Waals surface area contributed by atoms with Gasteiger partial charge >= 0.3 is 0 Å². The van der Waals surface area contributed by atoms with Gasteiger partial charge in [0.1, 0.15) is 0 Å². The zero-order valence-electron chi connectivity index (χ0n) is 7.57. The van der Waals surface area contributed by atoms with E-state index >= 15 is 0 Å². The first-order valence-electron chi connectivity index (χ1n) is 4.28. The fraction of sp³-hybridized carbons (Fsp3) is 1.00. The number of nitrogens with one attached hydrogen (secondary N) is 1. The van der Waals surface area contributed by atoms with Gasteiger partial charge in [-0.05, 0) is 24.3 Å². The summed E-state index contributed by atoms with van der Waals surface area (Å²) in [6.07, 6.45) is 1.37. The average Bonchev–Trinajstić information content (AvgIpc) is 1.57. The Balaban J connectivity index is 2.48. The van der Waals surface area contributed by atoms with Crippen LogP contribution in [0.15, 0.2) is 0 Å². The van der Waals surface area contributed by atoms with Crippen molar-refractivity contribution in [3.63, 3.8) is 0 Å². The largest absolute Gasteiger partial charge is 0.313 e. The summed E-state index contributed by atoms with van der Waals surface area (Å²) < 4.78 is 0. The van der Waals surface area contributed by atoms with Crippen LogP contribution in [-0.2, 0) is 0 Å². The van der Waals surface area contributed by atoms with Crippen molar-refractivity contribution in [1.82, 2.24) is 5.32 Å². The molecule has 1 unspecified atom stereocenters. The number of hydrogen-bond donors (Lipinski definition) is 1. The summed E-state index contributed by atoms with van der Waals surface area (Å²) in [5, 5.41) is 3.47. The molecule has 0 bridgehead atoms. The van der Waals surface area contributed by atoms with E-state index in [0.29, 0.717) is 5.41 Å². The van der Waals surface area contributed by atoms with Crippen molar-refractivity contribution in [2.75, 3.05) is 6.54 Å². The van der Waals surface area contributed by atoms with Crippen molar-refractivity contribution < 1.29 is 0 Å². The molecule has 1 fully saturated rings. The zero-order chi connectivity index (χ0) is 7.78. The van der Waals surface area contributed by atoms with E-state index < -0.39 is 0 Å². The molecule has 0 aromatic carbocycles. The van der Waals surface area contributed by atoms with Crippen molar-refractivity contribution >= 4 is 0 Å². The topological polar surface area (TPSA) is 12.0 Å². The van der Waals surface area contributed by atoms with Crippen LogP contribution in [-0.4, -0.2) is 12.6 Å². The molecule has 1 aliphatic heterocycles. The predicted octanol–water partition coefficient (Wildman–Crippen LogP) is 2.03. The highest BCUT2D eigenvalue weighted by Gasteiger charge is 2.35. The average molecular weight is 141 g/mol. The Bertz CT molecular complexity index is 112. The fourth-order valence-corrected chi connectivity index (χ4v) is 1.33. The van der Waals surface area contributed by atoms with Gasteiger partial charge in [0, 0.05) is 6.04 Å². The molecule has 0 aromatic rings. The van der Waals surface area contributed by atoms with Gasteiger partial charge in [0.05, 0.1) is 0 Å². The molecule has 1 N–H and O–H groups in total. The van der Waals surface area contributed by atoms with Crippen LogP contribution in [0, 0.1) is 11.3 Å². The lowest BCUT2D eigenvalue weighted by Crippen LogP contribution is -2.54. The highest BCUT2D eigenvalue weighted by Crippen LogP contribution is 2.34. The third-order valence-corrected chi connectivity index (χ3v) is 3.21. The van der Waals surface area contributed by atoms with Crippen LogP contribution in [0.5, 0.6) is 0 Å². The predicted molar refractivity (Wildman–Crippen MR) is 45.0 cm³/mol. The van der Waals surface area contributed by atoms with Crippen LogP contribution < -0.4 is 5.32 Å². The molecule has 0 saturated carbocycles. The molecule has 1 aliphatic rings. The molecule has 60 valence electrons. The SMILES string of the molecule is CC(C)C(C)(C)C1CCN1. The van der Waals surface area contributed by atoms with Crippen LogP contribution in [0.4, 0.5) is 0 Å². The minimum Gasteiger partial charge on any atom is -0.313 e. The Labute approximate surface area is 64.2 Å². The highest BCUT2D eigenvalue weighted by atomic mass is 15.0. The maximum absolute atomic E-state index is 3.47. The minimum atomic E-state index is 0.484. The maximum Gasteiger partial charge on any atom is 0.0133 e. The summed E-state index contributed by atoms with van der Waals surface area (Å²) in [7, 11) is 0. The van der Waals surface area contributed by atoms with Gasteiger partial charge < -0.3 is 5.32 Å². The Morgan fingerprint density at radius 2 is 1.90 bits per heavy atom. The molecule has 0 amide bonds. The lowest BCUT2D eigenvalue weighted by molar-refractivity contribution is 0.116. The molecule has 10 heavy (non-hydrogen) atoms.